The molecule has 446 valence electrons. The van der Waals surface area contributed by atoms with E-state index in [4.69, 9.17) is 23.7 Å². The van der Waals surface area contributed by atoms with Crippen molar-refractivity contribution < 1.29 is 67.1 Å². The molecule has 7 N–H and O–H groups in total. The second-order valence-electron chi connectivity index (χ2n) is 21.5. The Bertz CT molecular complexity index is 3270. The Labute approximate surface area is 493 Å². The number of aliphatic hydroxyl groups excluding tert-OH is 1. The summed E-state index contributed by atoms with van der Waals surface area (Å²) in [4.78, 5) is 88.6. The van der Waals surface area contributed by atoms with Gasteiger partial charge in [-0.25, -0.2) is 19.2 Å². The number of aryl methyl sites for hydroxylation is 1. The quantitative estimate of drug-likeness (QED) is 0.0267. The Balaban J connectivity index is 0.753. The molecule has 84 heavy (non-hydrogen) atoms. The zero-order valence-electron chi connectivity index (χ0n) is 47.3. The van der Waals surface area contributed by atoms with Gasteiger partial charge < -0.3 is 65.4 Å². The van der Waals surface area contributed by atoms with Crippen LogP contribution >= 0.6 is 22.7 Å². The minimum Gasteiger partial charge on any atom is -0.487 e. The summed E-state index contributed by atoms with van der Waals surface area (Å²) < 4.78 is 44.9. The average molecular weight is 1190 g/mol. The number of fused-ring (bicyclic) bond motifs is 1. The van der Waals surface area contributed by atoms with Gasteiger partial charge in [-0.1, -0.05) is 57.2 Å². The highest BCUT2D eigenvalue weighted by Gasteiger charge is 2.44. The zero-order valence-corrected chi connectivity index (χ0v) is 48.9. The molecule has 5 amide bonds. The third-order valence-corrected chi connectivity index (χ3v) is 15.7. The number of likely N-dealkylation sites (tertiary alicyclic amines) is 1. The van der Waals surface area contributed by atoms with E-state index in [1.807, 2.05) is 44.2 Å². The van der Waals surface area contributed by atoms with Crippen LogP contribution in [0.3, 0.4) is 0 Å². The lowest BCUT2D eigenvalue weighted by atomic mass is 9.81. The first-order valence-electron chi connectivity index (χ1n) is 27.4. The van der Waals surface area contributed by atoms with E-state index in [-0.39, 0.29) is 101 Å². The van der Waals surface area contributed by atoms with Crippen molar-refractivity contribution >= 4 is 63.3 Å². The highest BCUT2D eigenvalue weighted by atomic mass is 32.1. The molecule has 1 fully saturated rings. The summed E-state index contributed by atoms with van der Waals surface area (Å²) in [6.07, 6.45) is 1.43. The van der Waals surface area contributed by atoms with Crippen molar-refractivity contribution in [1.29, 1.82) is 0 Å². The lowest BCUT2D eigenvalue weighted by Gasteiger charge is -2.37. The van der Waals surface area contributed by atoms with Gasteiger partial charge in [0.2, 0.25) is 29.5 Å². The summed E-state index contributed by atoms with van der Waals surface area (Å²) >= 11 is 2.86. The number of β-amino-alcohol motifs (C(OH)–C–C–N with tert-alkyl or cyclic N) is 1. The zero-order chi connectivity index (χ0) is 60.0. The van der Waals surface area contributed by atoms with Crippen molar-refractivity contribution in [3.8, 4) is 38.8 Å². The fraction of sp³-hybridized carbons (Fsp3) is 0.400. The van der Waals surface area contributed by atoms with Gasteiger partial charge in [0.25, 0.3) is 0 Å². The summed E-state index contributed by atoms with van der Waals surface area (Å²) in [7, 11) is 0. The van der Waals surface area contributed by atoms with Crippen LogP contribution in [0.2, 0.25) is 0 Å². The molecule has 0 spiro atoms. The highest BCUT2D eigenvalue weighted by Crippen LogP contribution is 2.42. The number of halogens is 1. The van der Waals surface area contributed by atoms with E-state index in [0.717, 1.165) is 32.8 Å². The van der Waals surface area contributed by atoms with Gasteiger partial charge in [-0.3, -0.25) is 24.0 Å². The summed E-state index contributed by atoms with van der Waals surface area (Å²) in [5.74, 6) is -3.04. The molecule has 4 atom stereocenters. The predicted molar refractivity (Wildman–Crippen MR) is 312 cm³/mol. The van der Waals surface area contributed by atoms with Crippen LogP contribution in [0.4, 0.5) is 9.52 Å². The predicted octanol–water partition coefficient (Wildman–Crippen LogP) is 6.62. The number of thiazole rings is 2. The van der Waals surface area contributed by atoms with Crippen molar-refractivity contribution in [2.45, 2.75) is 84.2 Å². The molecule has 2 aromatic heterocycles. The molecule has 8 rings (SSSR count). The van der Waals surface area contributed by atoms with Gasteiger partial charge in [-0.2, -0.15) is 0 Å². The molecule has 0 aliphatic carbocycles. The topological polar surface area (TPSA) is 278 Å². The van der Waals surface area contributed by atoms with E-state index in [0.29, 0.717) is 29.4 Å². The standard InChI is InChI=1S/C60H69FN8O13S2/c1-36-53(84-35-65-36)39-8-6-37(7-9-39)31-64-55(74)47-27-42(70)32-69(47)56(75)54(59(2,3)4)67-52(73)34-80-22-21-79-33-51(72)62-18-20-78-23-24-81-48-26-41-16-17-66-60(5,30-50(71)68-58-63-19-25-83-58)45(41)29-49(48)82-43-14-15-44(46(61)28-43)38-10-12-40(13-11-38)57(76)77/h6-15,19,25-26,28-29,35,42,47,54,66,70H,16-18,20-24,27,30-34H2,1-5H3,(H,62,72)(H,64,74)(H,67,73)(H,76,77)(H,63,68,71)/t42-,47+,54-,60-/m1/s1. The summed E-state index contributed by atoms with van der Waals surface area (Å²) in [5.41, 5.74) is 5.55. The molecule has 24 heteroatoms. The van der Waals surface area contributed by atoms with Gasteiger partial charge >= 0.3 is 5.97 Å². The molecule has 2 aliphatic heterocycles. The first kappa shape index (κ1) is 62.3. The monoisotopic (exact) mass is 1190 g/mol. The molecule has 1 saturated heterocycles. The van der Waals surface area contributed by atoms with Gasteiger partial charge in [0.05, 0.1) is 54.2 Å². The Morgan fingerprint density at radius 1 is 0.845 bits per heavy atom. The number of benzene rings is 4. The highest BCUT2D eigenvalue weighted by molar-refractivity contribution is 7.14. The number of rotatable bonds is 27. The van der Waals surface area contributed by atoms with Crippen molar-refractivity contribution in [2.24, 2.45) is 5.41 Å². The molecule has 0 radical (unpaired) electrons. The van der Waals surface area contributed by atoms with E-state index in [1.54, 1.807) is 67.4 Å². The smallest absolute Gasteiger partial charge is 0.335 e. The average Bonchev–Trinajstić information content (AvgIpc) is 1.74. The minimum absolute atomic E-state index is 0.00778. The number of ether oxygens (including phenoxy) is 5. The molecule has 21 nitrogen and oxygen atoms in total. The first-order chi connectivity index (χ1) is 40.2. The van der Waals surface area contributed by atoms with Crippen molar-refractivity contribution in [2.75, 3.05) is 71.2 Å². The van der Waals surface area contributed by atoms with E-state index in [1.165, 1.54) is 46.6 Å². The number of hydrogen-bond acceptors (Lipinski definition) is 17. The van der Waals surface area contributed by atoms with E-state index < -0.39 is 71.2 Å². The fourth-order valence-corrected chi connectivity index (χ4v) is 11.1. The summed E-state index contributed by atoms with van der Waals surface area (Å²) in [5, 5.41) is 36.8. The number of carbonyl (C=O) groups excluding carboxylic acids is 5. The van der Waals surface area contributed by atoms with E-state index in [2.05, 4.69) is 36.6 Å². The first-order valence-corrected chi connectivity index (χ1v) is 29.1. The number of aliphatic hydroxyl groups is 1. The van der Waals surface area contributed by atoms with Crippen LogP contribution in [0.5, 0.6) is 17.2 Å². The third kappa shape index (κ3) is 16.8. The van der Waals surface area contributed by atoms with Crippen LogP contribution in [-0.4, -0.2) is 145 Å². The normalized spacial score (nSPS) is 17.0. The number of aromatic carboxylic acids is 1. The molecule has 6 aromatic rings. The largest absolute Gasteiger partial charge is 0.487 e. The van der Waals surface area contributed by atoms with Gasteiger partial charge in [0, 0.05) is 67.8 Å². The number of carboxylic acids is 1. The lowest BCUT2D eigenvalue weighted by molar-refractivity contribution is -0.144. The SMILES string of the molecule is Cc1ncsc1-c1ccc(CNC(=O)[C@@H]2C[C@@H](O)CN2C(=O)[C@@H](NC(=O)COCCOCC(=O)NCCOCCOc2cc3c(cc2Oc2ccc(-c4ccc(C(=O)O)cc4)c(F)c2)[C@@](C)(CC(=O)Nc2nccs2)NCC3)C(C)(C)C)cc1. The molecule has 0 bridgehead atoms. The van der Waals surface area contributed by atoms with Crippen LogP contribution < -0.4 is 36.1 Å². The molecule has 0 saturated carbocycles. The van der Waals surface area contributed by atoms with Gasteiger partial charge in [-0.05, 0) is 89.9 Å². The van der Waals surface area contributed by atoms with Crippen molar-refractivity contribution in [1.82, 2.24) is 36.1 Å². The number of nitrogens with one attached hydrogen (secondary N) is 5. The lowest BCUT2D eigenvalue weighted by Crippen LogP contribution is -2.58. The summed E-state index contributed by atoms with van der Waals surface area (Å²) in [6.45, 7) is 9.76. The van der Waals surface area contributed by atoms with Crippen LogP contribution in [0, 0.1) is 18.2 Å². The van der Waals surface area contributed by atoms with Crippen LogP contribution in [-0.2, 0) is 56.7 Å². The fourth-order valence-electron chi connectivity index (χ4n) is 9.78. The molecule has 2 aliphatic rings. The van der Waals surface area contributed by atoms with Gasteiger partial charge in [0.15, 0.2) is 16.6 Å². The van der Waals surface area contributed by atoms with E-state index >= 15 is 4.39 Å². The second-order valence-corrected chi connectivity index (χ2v) is 23.3. The number of carboxylic acid groups (broad SMARTS) is 1. The Morgan fingerprint density at radius 3 is 2.25 bits per heavy atom. The van der Waals surface area contributed by atoms with E-state index in [9.17, 15) is 39.0 Å². The molecular weight excluding hydrogens is 1120 g/mol. The summed E-state index contributed by atoms with van der Waals surface area (Å²) in [6, 6.07) is 19.6. The Morgan fingerprint density at radius 2 is 1.57 bits per heavy atom. The number of amides is 5. The maximum Gasteiger partial charge on any atom is 0.335 e. The second kappa shape index (κ2) is 28.7. The number of hydrogen-bond donors (Lipinski definition) is 7. The number of nitrogens with zero attached hydrogens (tertiary/aromatic N) is 3. The van der Waals surface area contributed by atoms with Crippen LogP contribution in [0.25, 0.3) is 21.6 Å². The number of carbonyl (C=O) groups is 6. The van der Waals surface area contributed by atoms with Crippen molar-refractivity contribution in [3.05, 3.63) is 130 Å². The van der Waals surface area contributed by atoms with Gasteiger partial charge in [-0.15, -0.1) is 22.7 Å². The Kier molecular flexibility index (Phi) is 21.3. The number of anilines is 1. The number of aromatic nitrogens is 2. The molecular formula is C60H69FN8O13S2. The van der Waals surface area contributed by atoms with Crippen LogP contribution in [0.1, 0.15) is 73.3 Å². The molecule has 0 unspecified atom stereocenters. The molecule has 4 heterocycles. The van der Waals surface area contributed by atoms with Crippen molar-refractivity contribution in [3.63, 3.8) is 0 Å². The maximum atomic E-state index is 15.7. The van der Waals surface area contributed by atoms with Crippen LogP contribution in [0.15, 0.2) is 96.0 Å². The van der Waals surface area contributed by atoms with Gasteiger partial charge in [0.1, 0.15) is 43.5 Å². The maximum absolute atomic E-state index is 15.7. The minimum atomic E-state index is -1.09. The molecule has 4 aromatic carbocycles. The third-order valence-electron chi connectivity index (χ3n) is 14.1. The Hall–Kier alpha value is -7.71.